The number of hydrogen-bond donors (Lipinski definition) is 1. The van der Waals surface area contributed by atoms with Gasteiger partial charge in [-0.2, -0.15) is 13.1 Å². The van der Waals surface area contributed by atoms with Crippen LogP contribution in [0.2, 0.25) is 0 Å². The zero-order chi connectivity index (χ0) is 24.0. The Morgan fingerprint density at radius 3 is 2.39 bits per heavy atom. The Balaban J connectivity index is 1.59. The fourth-order valence-corrected chi connectivity index (χ4v) is 4.97. The number of piperazine rings is 1. The third-order valence-corrected chi connectivity index (χ3v) is 7.00. The van der Waals surface area contributed by atoms with Crippen LogP contribution in [0.25, 0.3) is 0 Å². The second kappa shape index (κ2) is 10.7. The molecule has 2 amide bonds. The summed E-state index contributed by atoms with van der Waals surface area (Å²) in [6, 6.07) is 10.2. The number of urea groups is 1. The van der Waals surface area contributed by atoms with E-state index in [2.05, 4.69) is 10.1 Å². The van der Waals surface area contributed by atoms with Crippen LogP contribution in [0.3, 0.4) is 0 Å². The van der Waals surface area contributed by atoms with Crippen LogP contribution in [0.15, 0.2) is 47.4 Å². The third kappa shape index (κ3) is 6.02. The summed E-state index contributed by atoms with van der Waals surface area (Å²) in [5.74, 6) is 0.591. The number of alkyl halides is 2. The summed E-state index contributed by atoms with van der Waals surface area (Å²) < 4.78 is 67.0. The fraction of sp³-hybridized carbons (Fsp3) is 0.381. The number of amides is 2. The topological polar surface area (TPSA) is 97.4 Å². The van der Waals surface area contributed by atoms with Crippen molar-refractivity contribution in [1.82, 2.24) is 14.5 Å². The highest BCUT2D eigenvalue weighted by Gasteiger charge is 2.32. The van der Waals surface area contributed by atoms with Gasteiger partial charge in [-0.1, -0.05) is 12.1 Å². The van der Waals surface area contributed by atoms with Gasteiger partial charge >= 0.3 is 12.6 Å². The van der Waals surface area contributed by atoms with Gasteiger partial charge in [-0.3, -0.25) is 0 Å². The average molecular weight is 486 g/mol. The lowest BCUT2D eigenvalue weighted by molar-refractivity contribution is -0.0498. The number of rotatable bonds is 8. The minimum absolute atomic E-state index is 0.00328. The minimum Gasteiger partial charge on any atom is -0.497 e. The molecule has 1 aliphatic rings. The van der Waals surface area contributed by atoms with E-state index in [4.69, 9.17) is 9.47 Å². The van der Waals surface area contributed by atoms with Crippen molar-refractivity contribution in [2.75, 3.05) is 40.4 Å². The summed E-state index contributed by atoms with van der Waals surface area (Å²) in [6.45, 7) is -2.24. The van der Waals surface area contributed by atoms with Crippen molar-refractivity contribution in [3.63, 3.8) is 0 Å². The van der Waals surface area contributed by atoms with Crippen molar-refractivity contribution in [2.45, 2.75) is 18.1 Å². The molecule has 1 N–H and O–H groups in total. The first-order valence-electron chi connectivity index (χ1n) is 10.0. The number of carbonyl (C=O) groups is 1. The molecule has 1 aliphatic heterocycles. The third-order valence-electron chi connectivity index (χ3n) is 5.08. The van der Waals surface area contributed by atoms with E-state index in [-0.39, 0.29) is 55.1 Å². The predicted octanol–water partition coefficient (Wildman–Crippen LogP) is 2.52. The smallest absolute Gasteiger partial charge is 0.387 e. The zero-order valence-electron chi connectivity index (χ0n) is 18.2. The standard InChI is InChI=1S/C21H25F2N3O6S/c1-30-16-6-7-18(31-2)19(13-16)33(28,29)26-10-8-25(9-11-26)21(27)24-14-15-4-3-5-17(12-15)32-20(22)23/h3-7,12-13,20H,8-11,14H2,1-2H3,(H,24,27). The molecule has 2 aromatic rings. The fourth-order valence-electron chi connectivity index (χ4n) is 3.38. The molecular formula is C21H25F2N3O6S. The average Bonchev–Trinajstić information content (AvgIpc) is 2.82. The molecule has 1 heterocycles. The molecule has 0 aromatic heterocycles. The Kier molecular flexibility index (Phi) is 7.92. The van der Waals surface area contributed by atoms with Crippen LogP contribution in [-0.2, 0) is 16.6 Å². The molecular weight excluding hydrogens is 460 g/mol. The number of ether oxygens (including phenoxy) is 3. The minimum atomic E-state index is -3.86. The molecule has 2 aromatic carbocycles. The van der Waals surface area contributed by atoms with Crippen LogP contribution in [0.5, 0.6) is 17.2 Å². The van der Waals surface area contributed by atoms with Crippen LogP contribution in [0, 0.1) is 0 Å². The van der Waals surface area contributed by atoms with Gasteiger partial charge in [0.05, 0.1) is 14.2 Å². The van der Waals surface area contributed by atoms with Crippen LogP contribution < -0.4 is 19.5 Å². The van der Waals surface area contributed by atoms with E-state index >= 15 is 0 Å². The number of sulfonamides is 1. The molecule has 0 bridgehead atoms. The maximum absolute atomic E-state index is 13.1. The van der Waals surface area contributed by atoms with Crippen molar-refractivity contribution in [3.05, 3.63) is 48.0 Å². The number of methoxy groups -OCH3 is 2. The number of halogens is 2. The lowest BCUT2D eigenvalue weighted by Crippen LogP contribution is -2.53. The number of nitrogens with zero attached hydrogens (tertiary/aromatic N) is 2. The molecule has 12 heteroatoms. The van der Waals surface area contributed by atoms with Gasteiger partial charge in [0.1, 0.15) is 22.1 Å². The summed E-state index contributed by atoms with van der Waals surface area (Å²) >= 11 is 0. The van der Waals surface area contributed by atoms with Gasteiger partial charge in [0.15, 0.2) is 0 Å². The highest BCUT2D eigenvalue weighted by Crippen LogP contribution is 2.31. The predicted molar refractivity (Wildman–Crippen MR) is 115 cm³/mol. The Bertz CT molecular complexity index is 1080. The van der Waals surface area contributed by atoms with Gasteiger partial charge in [-0.25, -0.2) is 13.2 Å². The van der Waals surface area contributed by atoms with Gasteiger partial charge in [0, 0.05) is 38.8 Å². The van der Waals surface area contributed by atoms with Gasteiger partial charge in [0.25, 0.3) is 0 Å². The van der Waals surface area contributed by atoms with Crippen molar-refractivity contribution in [1.29, 1.82) is 0 Å². The van der Waals surface area contributed by atoms with E-state index in [1.165, 1.54) is 47.7 Å². The van der Waals surface area contributed by atoms with E-state index in [9.17, 15) is 22.0 Å². The van der Waals surface area contributed by atoms with E-state index in [0.717, 1.165) is 0 Å². The van der Waals surface area contributed by atoms with Crippen LogP contribution in [0.4, 0.5) is 13.6 Å². The van der Waals surface area contributed by atoms with Crippen molar-refractivity contribution in [3.8, 4) is 17.2 Å². The lowest BCUT2D eigenvalue weighted by atomic mass is 10.2. The maximum atomic E-state index is 13.1. The first-order valence-corrected chi connectivity index (χ1v) is 11.5. The molecule has 0 spiro atoms. The van der Waals surface area contributed by atoms with Gasteiger partial charge in [0.2, 0.25) is 10.0 Å². The van der Waals surface area contributed by atoms with Crippen molar-refractivity contribution in [2.24, 2.45) is 0 Å². The second-order valence-electron chi connectivity index (χ2n) is 7.09. The molecule has 9 nitrogen and oxygen atoms in total. The molecule has 0 atom stereocenters. The van der Waals surface area contributed by atoms with Crippen LogP contribution in [0.1, 0.15) is 5.56 Å². The lowest BCUT2D eigenvalue weighted by Gasteiger charge is -2.34. The molecule has 33 heavy (non-hydrogen) atoms. The molecule has 0 radical (unpaired) electrons. The summed E-state index contributed by atoms with van der Waals surface area (Å²) in [7, 11) is -1.03. The first-order chi connectivity index (χ1) is 15.7. The molecule has 0 saturated carbocycles. The zero-order valence-corrected chi connectivity index (χ0v) is 19.0. The molecule has 1 saturated heterocycles. The maximum Gasteiger partial charge on any atom is 0.387 e. The SMILES string of the molecule is COc1ccc(OC)c(S(=O)(=O)N2CCN(C(=O)NCc3cccc(OC(F)F)c3)CC2)c1. The number of nitrogens with one attached hydrogen (secondary N) is 1. The van der Waals surface area contributed by atoms with Gasteiger partial charge in [-0.05, 0) is 29.8 Å². The van der Waals surface area contributed by atoms with Crippen LogP contribution >= 0.6 is 0 Å². The summed E-state index contributed by atoms with van der Waals surface area (Å²) in [5.41, 5.74) is 0.591. The normalized spacial score (nSPS) is 14.8. The van der Waals surface area contributed by atoms with Crippen molar-refractivity contribution < 1.29 is 36.2 Å². The molecule has 180 valence electrons. The number of hydrogen-bond acceptors (Lipinski definition) is 6. The Labute approximate surface area is 190 Å². The van der Waals surface area contributed by atoms with Gasteiger partial charge in [-0.15, -0.1) is 0 Å². The second-order valence-corrected chi connectivity index (χ2v) is 9.00. The summed E-state index contributed by atoms with van der Waals surface area (Å²) in [6.07, 6.45) is 0. The highest BCUT2D eigenvalue weighted by molar-refractivity contribution is 7.89. The molecule has 0 aliphatic carbocycles. The molecule has 3 rings (SSSR count). The largest absolute Gasteiger partial charge is 0.497 e. The van der Waals surface area contributed by atoms with Crippen LogP contribution in [-0.4, -0.2) is 70.7 Å². The summed E-state index contributed by atoms with van der Waals surface area (Å²) in [4.78, 5) is 14.0. The van der Waals surface area contributed by atoms with Crippen molar-refractivity contribution >= 4 is 16.1 Å². The molecule has 1 fully saturated rings. The van der Waals surface area contributed by atoms with Gasteiger partial charge < -0.3 is 24.4 Å². The Morgan fingerprint density at radius 2 is 1.76 bits per heavy atom. The Hall–Kier alpha value is -3.12. The summed E-state index contributed by atoms with van der Waals surface area (Å²) in [5, 5.41) is 2.71. The van der Waals surface area contributed by atoms with E-state index in [0.29, 0.717) is 11.3 Å². The molecule has 0 unspecified atom stereocenters. The first kappa shape index (κ1) is 24.5. The van der Waals surface area contributed by atoms with E-state index in [1.807, 2.05) is 0 Å². The number of benzene rings is 2. The highest BCUT2D eigenvalue weighted by atomic mass is 32.2. The Morgan fingerprint density at radius 1 is 1.03 bits per heavy atom. The van der Waals surface area contributed by atoms with E-state index in [1.54, 1.807) is 18.2 Å². The quantitative estimate of drug-likeness (QED) is 0.617. The number of carbonyl (C=O) groups excluding carboxylic acids is 1. The monoisotopic (exact) mass is 485 g/mol. The van der Waals surface area contributed by atoms with E-state index < -0.39 is 16.6 Å².